The number of rotatable bonds is 7. The van der Waals surface area contributed by atoms with E-state index < -0.39 is 5.97 Å². The Morgan fingerprint density at radius 1 is 1.41 bits per heavy atom. The zero-order valence-electron chi connectivity index (χ0n) is 10.0. The lowest BCUT2D eigenvalue weighted by Crippen LogP contribution is -2.23. The van der Waals surface area contributed by atoms with Gasteiger partial charge in [0, 0.05) is 13.0 Å². The molecule has 0 spiro atoms. The Hall–Kier alpha value is -1.42. The van der Waals surface area contributed by atoms with Crippen molar-refractivity contribution in [1.29, 1.82) is 0 Å². The van der Waals surface area contributed by atoms with Crippen LogP contribution in [0.5, 0.6) is 0 Å². The van der Waals surface area contributed by atoms with Gasteiger partial charge in [-0.1, -0.05) is 12.1 Å². The summed E-state index contributed by atoms with van der Waals surface area (Å²) in [4.78, 5) is 12.4. The van der Waals surface area contributed by atoms with E-state index in [2.05, 4.69) is 4.90 Å². The number of benzene rings is 1. The van der Waals surface area contributed by atoms with Crippen LogP contribution < -0.4 is 0 Å². The molecule has 0 amide bonds. The molecule has 1 aromatic carbocycles. The molecule has 3 nitrogen and oxygen atoms in total. The van der Waals surface area contributed by atoms with E-state index in [1.165, 1.54) is 12.1 Å². The van der Waals surface area contributed by atoms with E-state index in [9.17, 15) is 9.18 Å². The van der Waals surface area contributed by atoms with Crippen LogP contribution in [-0.4, -0.2) is 36.1 Å². The van der Waals surface area contributed by atoms with Crippen LogP contribution in [0.4, 0.5) is 4.39 Å². The summed E-state index contributed by atoms with van der Waals surface area (Å²) >= 11 is 0. The van der Waals surface area contributed by atoms with Crippen molar-refractivity contribution in [2.45, 2.75) is 19.3 Å². The predicted octanol–water partition coefficient (Wildman–Crippen LogP) is 2.16. The molecule has 17 heavy (non-hydrogen) atoms. The van der Waals surface area contributed by atoms with Crippen molar-refractivity contribution in [3.05, 3.63) is 35.6 Å². The quantitative estimate of drug-likeness (QED) is 0.792. The highest BCUT2D eigenvalue weighted by Gasteiger charge is 2.02. The first-order chi connectivity index (χ1) is 8.08. The minimum Gasteiger partial charge on any atom is -0.481 e. The van der Waals surface area contributed by atoms with Gasteiger partial charge >= 0.3 is 5.97 Å². The summed E-state index contributed by atoms with van der Waals surface area (Å²) in [7, 11) is 1.95. The van der Waals surface area contributed by atoms with Crippen LogP contribution >= 0.6 is 0 Å². The summed E-state index contributed by atoms with van der Waals surface area (Å²) in [6.07, 6.45) is 1.63. The molecule has 0 aromatic heterocycles. The fraction of sp³-hybridized carbons (Fsp3) is 0.462. The summed E-state index contributed by atoms with van der Waals surface area (Å²) in [5, 5.41) is 8.50. The molecule has 4 heteroatoms. The molecule has 1 N–H and O–H groups in total. The zero-order valence-corrected chi connectivity index (χ0v) is 10.0. The van der Waals surface area contributed by atoms with Crippen LogP contribution in [0.1, 0.15) is 18.4 Å². The molecule has 0 aliphatic heterocycles. The number of likely N-dealkylation sites (N-methyl/N-ethyl adjacent to an activating group) is 1. The van der Waals surface area contributed by atoms with Gasteiger partial charge in [-0.3, -0.25) is 4.79 Å². The van der Waals surface area contributed by atoms with Crippen molar-refractivity contribution in [2.24, 2.45) is 0 Å². The van der Waals surface area contributed by atoms with Crippen molar-refractivity contribution in [1.82, 2.24) is 4.90 Å². The van der Waals surface area contributed by atoms with E-state index in [1.54, 1.807) is 6.07 Å². The molecule has 0 saturated carbocycles. The maximum atomic E-state index is 12.9. The first-order valence-electron chi connectivity index (χ1n) is 5.72. The molecule has 0 bridgehead atoms. The van der Waals surface area contributed by atoms with Gasteiger partial charge in [-0.05, 0) is 44.1 Å². The topological polar surface area (TPSA) is 40.5 Å². The van der Waals surface area contributed by atoms with Gasteiger partial charge < -0.3 is 10.0 Å². The Bertz CT molecular complexity index is 368. The van der Waals surface area contributed by atoms with Crippen LogP contribution in [0.3, 0.4) is 0 Å². The molecule has 94 valence electrons. The van der Waals surface area contributed by atoms with Gasteiger partial charge in [-0.25, -0.2) is 4.39 Å². The van der Waals surface area contributed by atoms with Gasteiger partial charge in [0.05, 0.1) is 0 Å². The van der Waals surface area contributed by atoms with Gasteiger partial charge in [0.25, 0.3) is 0 Å². The third kappa shape index (κ3) is 6.02. The van der Waals surface area contributed by atoms with Crippen molar-refractivity contribution in [2.75, 3.05) is 20.1 Å². The smallest absolute Gasteiger partial charge is 0.303 e. The van der Waals surface area contributed by atoms with Crippen LogP contribution in [0, 0.1) is 5.82 Å². The standard InChI is InChI=1S/C13H18FNO2/c1-15(8-3-6-13(16)17)9-7-11-4-2-5-12(14)10-11/h2,4-5,10H,3,6-9H2,1H3,(H,16,17). The number of nitrogens with zero attached hydrogens (tertiary/aromatic N) is 1. The predicted molar refractivity (Wildman–Crippen MR) is 64.5 cm³/mol. The highest BCUT2D eigenvalue weighted by atomic mass is 19.1. The number of carbonyl (C=O) groups is 1. The second-order valence-electron chi connectivity index (χ2n) is 4.18. The average molecular weight is 239 g/mol. The van der Waals surface area contributed by atoms with Crippen molar-refractivity contribution >= 4 is 5.97 Å². The molecule has 0 heterocycles. The monoisotopic (exact) mass is 239 g/mol. The molecule has 0 saturated heterocycles. The van der Waals surface area contributed by atoms with E-state index in [4.69, 9.17) is 5.11 Å². The number of hydrogen-bond acceptors (Lipinski definition) is 2. The molecule has 0 unspecified atom stereocenters. The van der Waals surface area contributed by atoms with E-state index in [-0.39, 0.29) is 12.2 Å². The van der Waals surface area contributed by atoms with Crippen LogP contribution in [-0.2, 0) is 11.2 Å². The maximum absolute atomic E-state index is 12.9. The Morgan fingerprint density at radius 2 is 2.18 bits per heavy atom. The highest BCUT2D eigenvalue weighted by molar-refractivity contribution is 5.66. The molecule has 0 radical (unpaired) electrons. The van der Waals surface area contributed by atoms with Crippen LogP contribution in [0.2, 0.25) is 0 Å². The van der Waals surface area contributed by atoms with E-state index in [0.717, 1.165) is 25.1 Å². The molecule has 0 aliphatic rings. The number of halogens is 1. The second-order valence-corrected chi connectivity index (χ2v) is 4.18. The third-order valence-electron chi connectivity index (χ3n) is 2.60. The van der Waals surface area contributed by atoms with Gasteiger partial charge in [0.15, 0.2) is 0 Å². The summed E-state index contributed by atoms with van der Waals surface area (Å²) in [5.41, 5.74) is 0.968. The van der Waals surface area contributed by atoms with Gasteiger partial charge in [0.1, 0.15) is 5.82 Å². The van der Waals surface area contributed by atoms with Crippen molar-refractivity contribution in [3.8, 4) is 0 Å². The second kappa shape index (κ2) is 7.01. The molecular formula is C13H18FNO2. The van der Waals surface area contributed by atoms with Crippen LogP contribution in [0.25, 0.3) is 0 Å². The van der Waals surface area contributed by atoms with E-state index >= 15 is 0 Å². The average Bonchev–Trinajstić information content (AvgIpc) is 2.26. The van der Waals surface area contributed by atoms with Crippen LogP contribution in [0.15, 0.2) is 24.3 Å². The van der Waals surface area contributed by atoms with E-state index in [1.807, 2.05) is 13.1 Å². The zero-order chi connectivity index (χ0) is 12.7. The number of carboxylic acid groups (broad SMARTS) is 1. The summed E-state index contributed by atoms with van der Waals surface area (Å²) < 4.78 is 12.9. The molecular weight excluding hydrogens is 221 g/mol. The van der Waals surface area contributed by atoms with Gasteiger partial charge in [-0.2, -0.15) is 0 Å². The minimum absolute atomic E-state index is 0.199. The maximum Gasteiger partial charge on any atom is 0.303 e. The molecule has 0 aliphatic carbocycles. The summed E-state index contributed by atoms with van der Waals surface area (Å²) in [5.74, 6) is -0.973. The van der Waals surface area contributed by atoms with E-state index in [0.29, 0.717) is 6.42 Å². The number of aliphatic carboxylic acids is 1. The normalized spacial score (nSPS) is 10.8. The molecule has 0 fully saturated rings. The lowest BCUT2D eigenvalue weighted by molar-refractivity contribution is -0.137. The summed E-state index contributed by atoms with van der Waals surface area (Å²) in [6, 6.07) is 6.56. The van der Waals surface area contributed by atoms with Crippen molar-refractivity contribution < 1.29 is 14.3 Å². The first kappa shape index (κ1) is 13.6. The fourth-order valence-electron chi connectivity index (χ4n) is 1.62. The lowest BCUT2D eigenvalue weighted by Gasteiger charge is -2.15. The minimum atomic E-state index is -0.761. The Labute approximate surface area is 101 Å². The molecule has 1 aromatic rings. The Morgan fingerprint density at radius 3 is 2.82 bits per heavy atom. The Balaban J connectivity index is 2.23. The highest BCUT2D eigenvalue weighted by Crippen LogP contribution is 2.05. The van der Waals surface area contributed by atoms with Gasteiger partial charge in [0.2, 0.25) is 0 Å². The van der Waals surface area contributed by atoms with Crippen molar-refractivity contribution in [3.63, 3.8) is 0 Å². The third-order valence-corrected chi connectivity index (χ3v) is 2.60. The Kier molecular flexibility index (Phi) is 5.63. The lowest BCUT2D eigenvalue weighted by atomic mass is 10.1. The largest absolute Gasteiger partial charge is 0.481 e. The fourth-order valence-corrected chi connectivity index (χ4v) is 1.62. The SMILES string of the molecule is CN(CCCC(=O)O)CCc1cccc(F)c1. The molecule has 0 atom stereocenters. The van der Waals surface area contributed by atoms with Gasteiger partial charge in [-0.15, -0.1) is 0 Å². The number of hydrogen-bond donors (Lipinski definition) is 1. The number of carboxylic acids is 1. The molecule has 1 rings (SSSR count). The first-order valence-corrected chi connectivity index (χ1v) is 5.72. The summed E-state index contributed by atoms with van der Waals surface area (Å²) in [6.45, 7) is 1.56.